The van der Waals surface area contributed by atoms with E-state index in [1.165, 1.54) is 24.0 Å². The molecule has 0 atom stereocenters. The highest BCUT2D eigenvalue weighted by molar-refractivity contribution is 5.92. The molecule has 0 bridgehead atoms. The predicted molar refractivity (Wildman–Crippen MR) is 128 cm³/mol. The zero-order valence-electron chi connectivity index (χ0n) is 19.2. The Labute approximate surface area is 195 Å². The van der Waals surface area contributed by atoms with E-state index < -0.39 is 0 Å². The molecular weight excluding hydrogens is 419 g/mol. The Kier molecular flexibility index (Phi) is 6.76. The van der Waals surface area contributed by atoms with Crippen LogP contribution in [0.2, 0.25) is 0 Å². The largest absolute Gasteiger partial charge is 0.478 e. The van der Waals surface area contributed by atoms with Crippen molar-refractivity contribution in [3.8, 4) is 5.88 Å². The first-order chi connectivity index (χ1) is 16.2. The van der Waals surface area contributed by atoms with Gasteiger partial charge >= 0.3 is 0 Å². The third-order valence-electron chi connectivity index (χ3n) is 7.07. The van der Waals surface area contributed by atoms with Crippen LogP contribution in [0, 0.1) is 5.82 Å². The topological polar surface area (TPSA) is 57.7 Å². The van der Waals surface area contributed by atoms with E-state index in [1.807, 2.05) is 12.1 Å². The summed E-state index contributed by atoms with van der Waals surface area (Å²) >= 11 is 0. The van der Waals surface area contributed by atoms with Gasteiger partial charge in [0.2, 0.25) is 11.8 Å². The minimum absolute atomic E-state index is 0.0181. The average Bonchev–Trinajstić information content (AvgIpc) is 2.83. The third kappa shape index (κ3) is 5.29. The Balaban J connectivity index is 1.04. The molecule has 0 saturated carbocycles. The fraction of sp³-hybridized carbons (Fsp3) is 0.538. The fourth-order valence-electron chi connectivity index (χ4n) is 5.22. The van der Waals surface area contributed by atoms with Gasteiger partial charge in [-0.2, -0.15) is 4.98 Å². The number of carbonyl (C=O) groups excluding carboxylic acids is 1. The molecule has 1 N–H and O–H groups in total. The quantitative estimate of drug-likeness (QED) is 0.645. The standard InChI is InChI=1S/C26H33FN4O2/c27-21-17-20-5-1-2-6-22(20)23(18-21)31-14-12-30(13-15-31)11-3-4-16-33-25-10-8-19-7-9-24(32)28-26(19)29-25/h8,10,17-18H,1-7,9,11-16H2,(H,28,29,32). The van der Waals surface area contributed by atoms with Crippen LogP contribution in [0.1, 0.15) is 48.8 Å². The number of halogens is 1. The lowest BCUT2D eigenvalue weighted by molar-refractivity contribution is -0.116. The van der Waals surface area contributed by atoms with Crippen LogP contribution < -0.4 is 15.0 Å². The summed E-state index contributed by atoms with van der Waals surface area (Å²) in [6.45, 7) is 5.60. The van der Waals surface area contributed by atoms with Crippen LogP contribution in [0.5, 0.6) is 5.88 Å². The lowest BCUT2D eigenvalue weighted by atomic mass is 9.89. The molecule has 1 fully saturated rings. The normalized spacial score (nSPS) is 18.5. The van der Waals surface area contributed by atoms with Gasteiger partial charge in [-0.25, -0.2) is 4.39 Å². The number of anilines is 2. The van der Waals surface area contributed by atoms with Gasteiger partial charge in [0, 0.05) is 44.4 Å². The highest BCUT2D eigenvalue weighted by Gasteiger charge is 2.23. The van der Waals surface area contributed by atoms with Crippen molar-refractivity contribution in [1.82, 2.24) is 9.88 Å². The number of aromatic nitrogens is 1. The second-order valence-electron chi connectivity index (χ2n) is 9.36. The van der Waals surface area contributed by atoms with E-state index in [0.717, 1.165) is 76.1 Å². The van der Waals surface area contributed by atoms with Crippen LogP contribution in [0.3, 0.4) is 0 Å². The summed E-state index contributed by atoms with van der Waals surface area (Å²) < 4.78 is 20.0. The number of unbranched alkanes of at least 4 members (excludes halogenated alkanes) is 1. The number of aryl methyl sites for hydroxylation is 2. The maximum atomic E-state index is 14.2. The Morgan fingerprint density at radius 1 is 0.970 bits per heavy atom. The first kappa shape index (κ1) is 22.1. The summed E-state index contributed by atoms with van der Waals surface area (Å²) in [5, 5.41) is 2.82. The smallest absolute Gasteiger partial charge is 0.225 e. The van der Waals surface area contributed by atoms with Crippen molar-refractivity contribution >= 4 is 17.4 Å². The number of hydrogen-bond acceptors (Lipinski definition) is 5. The second-order valence-corrected chi connectivity index (χ2v) is 9.36. The average molecular weight is 453 g/mol. The monoisotopic (exact) mass is 452 g/mol. The fourth-order valence-corrected chi connectivity index (χ4v) is 5.22. The third-order valence-corrected chi connectivity index (χ3v) is 7.07. The summed E-state index contributed by atoms with van der Waals surface area (Å²) in [7, 11) is 0. The molecule has 0 unspecified atom stereocenters. The zero-order chi connectivity index (χ0) is 22.6. The summed E-state index contributed by atoms with van der Waals surface area (Å²) in [6.07, 6.45) is 7.76. The molecule has 1 saturated heterocycles. The molecule has 3 heterocycles. The highest BCUT2D eigenvalue weighted by Crippen LogP contribution is 2.32. The van der Waals surface area contributed by atoms with Gasteiger partial charge < -0.3 is 15.0 Å². The number of nitrogens with one attached hydrogen (secondary N) is 1. The molecule has 3 aliphatic rings. The number of amides is 1. The van der Waals surface area contributed by atoms with E-state index >= 15 is 0 Å². The minimum Gasteiger partial charge on any atom is -0.478 e. The maximum absolute atomic E-state index is 14.2. The number of fused-ring (bicyclic) bond motifs is 2. The molecule has 0 spiro atoms. The van der Waals surface area contributed by atoms with Crippen molar-refractivity contribution in [1.29, 1.82) is 0 Å². The van der Waals surface area contributed by atoms with Crippen LogP contribution in [-0.2, 0) is 24.1 Å². The molecule has 6 nitrogen and oxygen atoms in total. The molecule has 176 valence electrons. The number of pyridine rings is 1. The molecule has 1 aliphatic carbocycles. The summed E-state index contributed by atoms with van der Waals surface area (Å²) in [5.74, 6) is 1.14. The van der Waals surface area contributed by atoms with Crippen molar-refractivity contribution in [2.24, 2.45) is 0 Å². The SMILES string of the molecule is O=C1CCc2ccc(OCCCCN3CCN(c4cc(F)cc5c4CCCC5)CC3)nc2N1. The number of piperazine rings is 1. The molecule has 5 rings (SSSR count). The van der Waals surface area contributed by atoms with E-state index in [9.17, 15) is 9.18 Å². The highest BCUT2D eigenvalue weighted by atomic mass is 19.1. The van der Waals surface area contributed by atoms with Crippen LogP contribution in [0.15, 0.2) is 24.3 Å². The van der Waals surface area contributed by atoms with Gasteiger partial charge in [0.05, 0.1) is 6.61 Å². The van der Waals surface area contributed by atoms with Crippen LogP contribution in [0.4, 0.5) is 15.9 Å². The lowest BCUT2D eigenvalue weighted by Crippen LogP contribution is -2.47. The van der Waals surface area contributed by atoms with Crippen LogP contribution >= 0.6 is 0 Å². The van der Waals surface area contributed by atoms with Crippen molar-refractivity contribution in [2.45, 2.75) is 51.4 Å². The molecule has 2 aromatic rings. The van der Waals surface area contributed by atoms with Gasteiger partial charge in [0.15, 0.2) is 0 Å². The molecule has 1 aromatic heterocycles. The molecule has 1 aromatic carbocycles. The zero-order valence-corrected chi connectivity index (χ0v) is 19.2. The first-order valence-corrected chi connectivity index (χ1v) is 12.4. The van der Waals surface area contributed by atoms with Crippen molar-refractivity contribution in [3.63, 3.8) is 0 Å². The molecule has 33 heavy (non-hydrogen) atoms. The van der Waals surface area contributed by atoms with Crippen LogP contribution in [0.25, 0.3) is 0 Å². The van der Waals surface area contributed by atoms with Crippen molar-refractivity contribution in [2.75, 3.05) is 49.5 Å². The Hall–Kier alpha value is -2.67. The number of rotatable bonds is 7. The van der Waals surface area contributed by atoms with Gasteiger partial charge in [-0.15, -0.1) is 0 Å². The van der Waals surface area contributed by atoms with Gasteiger partial charge in [0.25, 0.3) is 0 Å². The van der Waals surface area contributed by atoms with Crippen molar-refractivity contribution < 1.29 is 13.9 Å². The molecule has 0 radical (unpaired) electrons. The van der Waals surface area contributed by atoms with E-state index in [1.54, 1.807) is 12.1 Å². The molecule has 2 aliphatic heterocycles. The van der Waals surface area contributed by atoms with Gasteiger partial charge in [-0.05, 0) is 86.4 Å². The molecule has 7 heteroatoms. The number of carbonyl (C=O) groups is 1. The van der Waals surface area contributed by atoms with Gasteiger partial charge in [0.1, 0.15) is 11.6 Å². The van der Waals surface area contributed by atoms with Gasteiger partial charge in [-0.3, -0.25) is 9.69 Å². The molecular formula is C26H33FN4O2. The number of benzene rings is 1. The molecule has 1 amide bonds. The van der Waals surface area contributed by atoms with Gasteiger partial charge in [-0.1, -0.05) is 0 Å². The summed E-state index contributed by atoms with van der Waals surface area (Å²) in [4.78, 5) is 20.9. The Morgan fingerprint density at radius 3 is 2.70 bits per heavy atom. The van der Waals surface area contributed by atoms with Crippen LogP contribution in [-0.4, -0.2) is 55.1 Å². The Morgan fingerprint density at radius 2 is 1.82 bits per heavy atom. The first-order valence-electron chi connectivity index (χ1n) is 12.4. The number of nitrogens with zero attached hydrogens (tertiary/aromatic N) is 3. The Bertz CT molecular complexity index is 1000. The summed E-state index contributed by atoms with van der Waals surface area (Å²) in [5.41, 5.74) is 4.80. The number of ether oxygens (including phenoxy) is 1. The summed E-state index contributed by atoms with van der Waals surface area (Å²) in [6, 6.07) is 7.37. The minimum atomic E-state index is -0.0936. The van der Waals surface area contributed by atoms with Crippen molar-refractivity contribution in [3.05, 3.63) is 46.8 Å². The van der Waals surface area contributed by atoms with E-state index in [0.29, 0.717) is 24.7 Å². The maximum Gasteiger partial charge on any atom is 0.225 e. The number of hydrogen-bond donors (Lipinski definition) is 1. The lowest BCUT2D eigenvalue weighted by Gasteiger charge is -2.38. The second kappa shape index (κ2) is 10.1. The van der Waals surface area contributed by atoms with E-state index in [4.69, 9.17) is 4.74 Å². The predicted octanol–water partition coefficient (Wildman–Crippen LogP) is 3.97. The van der Waals surface area contributed by atoms with E-state index in [-0.39, 0.29) is 11.7 Å². The van der Waals surface area contributed by atoms with E-state index in [2.05, 4.69) is 20.1 Å².